The van der Waals surface area contributed by atoms with Gasteiger partial charge in [0.2, 0.25) is 0 Å². The molecule has 2 amide bonds. The number of likely N-dealkylation sites (N-methyl/N-ethyl adjacent to an activating group) is 1. The molecular formula is C25H30N2O4. The number of nitrogens with one attached hydrogen (secondary N) is 1. The Morgan fingerprint density at radius 1 is 0.968 bits per heavy atom. The van der Waals surface area contributed by atoms with Crippen LogP contribution >= 0.6 is 0 Å². The first-order chi connectivity index (χ1) is 15.0. The van der Waals surface area contributed by atoms with Crippen molar-refractivity contribution in [2.75, 3.05) is 13.6 Å². The summed E-state index contributed by atoms with van der Waals surface area (Å²) in [6.45, 7) is 1.29. The number of ether oxygens (including phenoxy) is 1. The van der Waals surface area contributed by atoms with Gasteiger partial charge in [-0.1, -0.05) is 61.7 Å². The van der Waals surface area contributed by atoms with Crippen molar-refractivity contribution in [2.24, 2.45) is 0 Å². The van der Waals surface area contributed by atoms with Crippen LogP contribution in [0, 0.1) is 0 Å². The number of hydrogen-bond acceptors (Lipinski definition) is 4. The highest BCUT2D eigenvalue weighted by atomic mass is 16.5. The normalized spacial score (nSPS) is 15.0. The molecule has 1 saturated carbocycles. The smallest absolute Gasteiger partial charge is 0.326 e. The number of hydrogen-bond donors (Lipinski definition) is 1. The van der Waals surface area contributed by atoms with Crippen LogP contribution in [0.2, 0.25) is 0 Å². The fourth-order valence-electron chi connectivity index (χ4n) is 3.92. The summed E-state index contributed by atoms with van der Waals surface area (Å²) in [7, 11) is 1.77. The molecule has 31 heavy (non-hydrogen) atoms. The molecule has 1 atom stereocenters. The molecule has 3 rings (SSSR count). The minimum absolute atomic E-state index is 0.205. The molecule has 0 bridgehead atoms. The Morgan fingerprint density at radius 2 is 1.58 bits per heavy atom. The summed E-state index contributed by atoms with van der Waals surface area (Å²) in [5.41, 5.74) is 2.52. The molecule has 1 N–H and O–H groups in total. The van der Waals surface area contributed by atoms with Crippen molar-refractivity contribution in [2.45, 2.75) is 51.2 Å². The Kier molecular flexibility index (Phi) is 7.82. The molecule has 0 unspecified atom stereocenters. The number of carbonyl (C=O) groups excluding carboxylic acids is 3. The predicted octanol–water partition coefficient (Wildman–Crippen LogP) is 3.81. The minimum atomic E-state index is -0.874. The second-order valence-electron chi connectivity index (χ2n) is 8.00. The number of rotatable bonds is 7. The second kappa shape index (κ2) is 10.8. The summed E-state index contributed by atoms with van der Waals surface area (Å²) >= 11 is 0. The van der Waals surface area contributed by atoms with Crippen LogP contribution in [0.5, 0.6) is 0 Å². The largest absolute Gasteiger partial charge is 0.451 e. The van der Waals surface area contributed by atoms with Gasteiger partial charge < -0.3 is 15.0 Å². The number of benzene rings is 2. The first-order valence-corrected chi connectivity index (χ1v) is 10.9. The third-order valence-corrected chi connectivity index (χ3v) is 5.77. The third kappa shape index (κ3) is 6.17. The molecule has 0 heterocycles. The Balaban J connectivity index is 1.46. The molecule has 0 radical (unpaired) electrons. The molecule has 6 heteroatoms. The highest BCUT2D eigenvalue weighted by Gasteiger charge is 2.27. The minimum Gasteiger partial charge on any atom is -0.451 e. The molecule has 1 aliphatic rings. The van der Waals surface area contributed by atoms with E-state index in [1.54, 1.807) is 31.0 Å². The van der Waals surface area contributed by atoms with Crippen LogP contribution in [0.4, 0.5) is 0 Å². The Morgan fingerprint density at radius 3 is 2.23 bits per heavy atom. The van der Waals surface area contributed by atoms with E-state index in [4.69, 9.17) is 4.74 Å². The maximum atomic E-state index is 12.5. The molecule has 2 aromatic carbocycles. The van der Waals surface area contributed by atoms with E-state index in [1.807, 2.05) is 42.5 Å². The lowest BCUT2D eigenvalue weighted by molar-refractivity contribution is -0.158. The van der Waals surface area contributed by atoms with E-state index in [0.29, 0.717) is 5.56 Å². The van der Waals surface area contributed by atoms with Crippen LogP contribution in [-0.4, -0.2) is 48.4 Å². The van der Waals surface area contributed by atoms with Crippen LogP contribution in [0.25, 0.3) is 11.1 Å². The standard InChI is InChI=1S/C25H30N2O4/c1-18(25(30)27(2)22-11-7-4-8-12-22)31-23(28)17-26-24(29)21-15-13-20(14-16-21)19-9-5-3-6-10-19/h3,5-6,9-10,13-16,18,22H,4,7-8,11-12,17H2,1-2H3,(H,26,29)/t18-/m1/s1. The van der Waals surface area contributed by atoms with Crippen LogP contribution in [-0.2, 0) is 14.3 Å². The average Bonchev–Trinajstić information content (AvgIpc) is 2.82. The number of carbonyl (C=O) groups is 3. The highest BCUT2D eigenvalue weighted by molar-refractivity contribution is 5.96. The van der Waals surface area contributed by atoms with Gasteiger partial charge in [-0.2, -0.15) is 0 Å². The van der Waals surface area contributed by atoms with Gasteiger partial charge >= 0.3 is 5.97 Å². The Hall–Kier alpha value is -3.15. The van der Waals surface area contributed by atoms with Gasteiger partial charge in [0.05, 0.1) is 0 Å². The summed E-state index contributed by atoms with van der Waals surface area (Å²) in [5.74, 6) is -1.20. The summed E-state index contributed by atoms with van der Waals surface area (Å²) in [6.07, 6.45) is 4.55. The summed E-state index contributed by atoms with van der Waals surface area (Å²) < 4.78 is 5.24. The van der Waals surface area contributed by atoms with Crippen LogP contribution in [0.15, 0.2) is 54.6 Å². The van der Waals surface area contributed by atoms with Gasteiger partial charge in [0.25, 0.3) is 11.8 Å². The van der Waals surface area contributed by atoms with E-state index in [1.165, 1.54) is 6.42 Å². The van der Waals surface area contributed by atoms with Gasteiger partial charge in [-0.3, -0.25) is 14.4 Å². The molecule has 0 aliphatic heterocycles. The van der Waals surface area contributed by atoms with E-state index in [9.17, 15) is 14.4 Å². The second-order valence-corrected chi connectivity index (χ2v) is 8.00. The lowest BCUT2D eigenvalue weighted by Gasteiger charge is -2.32. The van der Waals surface area contributed by atoms with Crippen LogP contribution in [0.1, 0.15) is 49.4 Å². The van der Waals surface area contributed by atoms with Gasteiger partial charge in [-0.05, 0) is 43.0 Å². The van der Waals surface area contributed by atoms with Crippen molar-refractivity contribution in [3.05, 3.63) is 60.2 Å². The predicted molar refractivity (Wildman–Crippen MR) is 119 cm³/mol. The topological polar surface area (TPSA) is 75.7 Å². The van der Waals surface area contributed by atoms with Crippen molar-refractivity contribution < 1.29 is 19.1 Å². The van der Waals surface area contributed by atoms with E-state index in [0.717, 1.165) is 36.8 Å². The zero-order valence-corrected chi connectivity index (χ0v) is 18.2. The highest BCUT2D eigenvalue weighted by Crippen LogP contribution is 2.22. The molecular weight excluding hydrogens is 392 g/mol. The van der Waals surface area contributed by atoms with Gasteiger partial charge in [0, 0.05) is 18.7 Å². The Bertz CT molecular complexity index is 889. The van der Waals surface area contributed by atoms with Crippen molar-refractivity contribution >= 4 is 17.8 Å². The van der Waals surface area contributed by atoms with Crippen molar-refractivity contribution in [3.63, 3.8) is 0 Å². The van der Waals surface area contributed by atoms with Gasteiger partial charge in [0.15, 0.2) is 6.10 Å². The maximum Gasteiger partial charge on any atom is 0.326 e. The van der Waals surface area contributed by atoms with Gasteiger partial charge in [-0.25, -0.2) is 0 Å². The van der Waals surface area contributed by atoms with Crippen LogP contribution < -0.4 is 5.32 Å². The van der Waals surface area contributed by atoms with E-state index in [-0.39, 0.29) is 24.4 Å². The molecule has 0 aromatic heterocycles. The molecule has 2 aromatic rings. The molecule has 0 saturated heterocycles. The van der Waals surface area contributed by atoms with Gasteiger partial charge in [-0.15, -0.1) is 0 Å². The van der Waals surface area contributed by atoms with Crippen molar-refractivity contribution in [1.29, 1.82) is 0 Å². The fraction of sp³-hybridized carbons (Fsp3) is 0.400. The zero-order chi connectivity index (χ0) is 22.2. The van der Waals surface area contributed by atoms with E-state index in [2.05, 4.69) is 5.32 Å². The first kappa shape index (κ1) is 22.5. The molecule has 6 nitrogen and oxygen atoms in total. The maximum absolute atomic E-state index is 12.5. The quantitative estimate of drug-likeness (QED) is 0.689. The molecule has 164 valence electrons. The van der Waals surface area contributed by atoms with E-state index < -0.39 is 12.1 Å². The number of esters is 1. The van der Waals surface area contributed by atoms with Gasteiger partial charge in [0.1, 0.15) is 6.54 Å². The summed E-state index contributed by atoms with van der Waals surface area (Å²) in [5, 5.41) is 2.56. The zero-order valence-electron chi connectivity index (χ0n) is 18.2. The monoisotopic (exact) mass is 422 g/mol. The third-order valence-electron chi connectivity index (χ3n) is 5.77. The lowest BCUT2D eigenvalue weighted by Crippen LogP contribution is -2.45. The molecule has 1 aliphatic carbocycles. The Labute approximate surface area is 183 Å². The average molecular weight is 423 g/mol. The van der Waals surface area contributed by atoms with Crippen LogP contribution in [0.3, 0.4) is 0 Å². The fourth-order valence-corrected chi connectivity index (χ4v) is 3.92. The lowest BCUT2D eigenvalue weighted by atomic mass is 9.94. The molecule has 0 spiro atoms. The number of nitrogens with zero attached hydrogens (tertiary/aromatic N) is 1. The number of amides is 2. The van der Waals surface area contributed by atoms with Crippen molar-refractivity contribution in [3.8, 4) is 11.1 Å². The summed E-state index contributed by atoms with van der Waals surface area (Å²) in [4.78, 5) is 38.7. The molecule has 1 fully saturated rings. The van der Waals surface area contributed by atoms with Crippen molar-refractivity contribution in [1.82, 2.24) is 10.2 Å². The van der Waals surface area contributed by atoms with E-state index >= 15 is 0 Å². The SMILES string of the molecule is C[C@@H](OC(=O)CNC(=O)c1ccc(-c2ccccc2)cc1)C(=O)N(C)C1CCCCC1. The summed E-state index contributed by atoms with van der Waals surface area (Å²) in [6, 6.07) is 17.2. The first-order valence-electron chi connectivity index (χ1n) is 10.9.